The number of nitriles is 1. The van der Waals surface area contributed by atoms with Crippen LogP contribution in [-0.4, -0.2) is 25.3 Å². The molecule has 3 rings (SSSR count). The van der Waals surface area contributed by atoms with Gasteiger partial charge in [-0.15, -0.1) is 0 Å². The van der Waals surface area contributed by atoms with E-state index in [2.05, 4.69) is 6.07 Å². The van der Waals surface area contributed by atoms with Gasteiger partial charge in [-0.25, -0.2) is 8.42 Å². The van der Waals surface area contributed by atoms with Gasteiger partial charge in [0.15, 0.2) is 0 Å². The number of rotatable bonds is 6. The summed E-state index contributed by atoms with van der Waals surface area (Å²) in [7, 11) is -3.44. The van der Waals surface area contributed by atoms with Gasteiger partial charge in [-0.3, -0.25) is 4.31 Å². The zero-order valence-electron chi connectivity index (χ0n) is 17.4. The van der Waals surface area contributed by atoms with Crippen LogP contribution in [-0.2, 0) is 22.7 Å². The summed E-state index contributed by atoms with van der Waals surface area (Å²) in [5, 5.41) is 10.2. The predicted octanol–water partition coefficient (Wildman–Crippen LogP) is 5.39. The van der Waals surface area contributed by atoms with E-state index in [9.17, 15) is 26.9 Å². The summed E-state index contributed by atoms with van der Waals surface area (Å²) in [5.74, 6) is -0.0349. The molecule has 3 aromatic rings. The van der Waals surface area contributed by atoms with E-state index in [4.69, 9.17) is 0 Å². The van der Waals surface area contributed by atoms with Crippen LogP contribution in [0.15, 0.2) is 42.5 Å². The summed E-state index contributed by atoms with van der Waals surface area (Å²) < 4.78 is 67.2. The Kier molecular flexibility index (Phi) is 6.05. The van der Waals surface area contributed by atoms with Crippen molar-refractivity contribution in [2.75, 3.05) is 16.6 Å². The molecule has 0 unspecified atom stereocenters. The number of benzene rings is 2. The molecule has 0 N–H and O–H groups in total. The number of sulfonamides is 1. The Balaban J connectivity index is 2.20. The lowest BCUT2D eigenvalue weighted by Gasteiger charge is -2.22. The smallest absolute Gasteiger partial charge is 0.340 e. The standard InChI is InChI=1S/C22H22F3N3O2S/c1-4-27-20-13-16(22(23,24)25)9-12-18(20)19(14-26)21(27)15-7-10-17(11-8-15)28(5-2)31(29,30)6-3/h7-13H,4-6H2,1-3H3. The molecule has 0 fully saturated rings. The number of fused-ring (bicyclic) bond motifs is 1. The predicted molar refractivity (Wildman–Crippen MR) is 115 cm³/mol. The Morgan fingerprint density at radius 2 is 1.71 bits per heavy atom. The van der Waals surface area contributed by atoms with Crippen molar-refractivity contribution in [3.63, 3.8) is 0 Å². The Bertz CT molecular complexity index is 1250. The molecular weight excluding hydrogens is 427 g/mol. The van der Waals surface area contributed by atoms with Gasteiger partial charge in [0.1, 0.15) is 6.07 Å². The first kappa shape index (κ1) is 22.7. The number of hydrogen-bond acceptors (Lipinski definition) is 3. The number of hydrogen-bond donors (Lipinski definition) is 0. The maximum atomic E-state index is 13.2. The molecule has 1 heterocycles. The van der Waals surface area contributed by atoms with Crippen LogP contribution < -0.4 is 4.31 Å². The molecule has 0 aliphatic carbocycles. The van der Waals surface area contributed by atoms with Crippen molar-refractivity contribution >= 4 is 26.6 Å². The quantitative estimate of drug-likeness (QED) is 0.506. The van der Waals surface area contributed by atoms with Gasteiger partial charge in [-0.2, -0.15) is 18.4 Å². The van der Waals surface area contributed by atoms with E-state index in [1.54, 1.807) is 49.6 Å². The third-order valence-electron chi connectivity index (χ3n) is 5.24. The maximum absolute atomic E-state index is 13.2. The first-order valence-electron chi connectivity index (χ1n) is 9.83. The third-order valence-corrected chi connectivity index (χ3v) is 7.11. The van der Waals surface area contributed by atoms with E-state index in [0.717, 1.165) is 12.1 Å². The summed E-state index contributed by atoms with van der Waals surface area (Å²) >= 11 is 0. The molecule has 2 aromatic carbocycles. The summed E-state index contributed by atoms with van der Waals surface area (Å²) in [6, 6.07) is 12.2. The van der Waals surface area contributed by atoms with Crippen molar-refractivity contribution in [1.82, 2.24) is 4.57 Å². The molecule has 0 radical (unpaired) electrons. The van der Waals surface area contributed by atoms with Gasteiger partial charge in [0, 0.05) is 18.5 Å². The fraction of sp³-hybridized carbons (Fsp3) is 0.318. The Morgan fingerprint density at radius 3 is 2.19 bits per heavy atom. The van der Waals surface area contributed by atoms with Crippen molar-refractivity contribution in [1.29, 1.82) is 5.26 Å². The summed E-state index contributed by atoms with van der Waals surface area (Å²) in [6.45, 7) is 5.74. The highest BCUT2D eigenvalue weighted by Gasteiger charge is 2.31. The molecule has 0 spiro atoms. The van der Waals surface area contributed by atoms with Crippen LogP contribution in [0.4, 0.5) is 18.9 Å². The second kappa shape index (κ2) is 8.27. The van der Waals surface area contributed by atoms with Crippen LogP contribution in [0.2, 0.25) is 0 Å². The lowest BCUT2D eigenvalue weighted by atomic mass is 10.0. The fourth-order valence-corrected chi connectivity index (χ4v) is 4.90. The van der Waals surface area contributed by atoms with Crippen LogP contribution in [0, 0.1) is 11.3 Å². The highest BCUT2D eigenvalue weighted by molar-refractivity contribution is 7.92. The Hall–Kier alpha value is -2.99. The van der Waals surface area contributed by atoms with E-state index in [1.165, 1.54) is 10.4 Å². The Labute approximate surface area is 179 Å². The number of anilines is 1. The fourth-order valence-electron chi connectivity index (χ4n) is 3.75. The minimum atomic E-state index is -4.49. The third kappa shape index (κ3) is 4.00. The number of alkyl halides is 3. The van der Waals surface area contributed by atoms with Gasteiger partial charge in [0.25, 0.3) is 0 Å². The molecule has 0 aliphatic heterocycles. The van der Waals surface area contributed by atoms with Crippen LogP contribution >= 0.6 is 0 Å². The normalized spacial score (nSPS) is 12.2. The molecule has 0 saturated carbocycles. The average molecular weight is 449 g/mol. The van der Waals surface area contributed by atoms with Gasteiger partial charge in [0.2, 0.25) is 10.0 Å². The van der Waals surface area contributed by atoms with Crippen molar-refractivity contribution in [3.8, 4) is 17.3 Å². The van der Waals surface area contributed by atoms with Crippen LogP contribution in [0.5, 0.6) is 0 Å². The second-order valence-corrected chi connectivity index (χ2v) is 9.10. The molecule has 9 heteroatoms. The van der Waals surface area contributed by atoms with Gasteiger partial charge in [-0.1, -0.05) is 18.2 Å². The Morgan fingerprint density at radius 1 is 1.06 bits per heavy atom. The van der Waals surface area contributed by atoms with Gasteiger partial charge >= 0.3 is 6.18 Å². The highest BCUT2D eigenvalue weighted by atomic mass is 32.2. The van der Waals surface area contributed by atoms with E-state index in [1.807, 2.05) is 0 Å². The molecule has 31 heavy (non-hydrogen) atoms. The van der Waals surface area contributed by atoms with Crippen molar-refractivity contribution in [3.05, 3.63) is 53.6 Å². The van der Waals surface area contributed by atoms with Crippen LogP contribution in [0.3, 0.4) is 0 Å². The zero-order chi connectivity index (χ0) is 23.0. The van der Waals surface area contributed by atoms with Gasteiger partial charge < -0.3 is 4.57 Å². The minimum Gasteiger partial charge on any atom is -0.340 e. The maximum Gasteiger partial charge on any atom is 0.416 e. The average Bonchev–Trinajstić information content (AvgIpc) is 3.06. The number of aryl methyl sites for hydroxylation is 1. The molecule has 0 bridgehead atoms. The molecule has 0 saturated heterocycles. The summed E-state index contributed by atoms with van der Waals surface area (Å²) in [5.41, 5.74) is 1.46. The molecule has 0 amide bonds. The SMILES string of the molecule is CCN(c1ccc(-c2c(C#N)c3ccc(C(F)(F)F)cc3n2CC)cc1)S(=O)(=O)CC. The molecule has 0 aliphatic rings. The zero-order valence-corrected chi connectivity index (χ0v) is 18.2. The second-order valence-electron chi connectivity index (χ2n) is 6.92. The molecule has 5 nitrogen and oxygen atoms in total. The molecular formula is C22H22F3N3O2S. The van der Waals surface area contributed by atoms with Crippen LogP contribution in [0.25, 0.3) is 22.2 Å². The van der Waals surface area contributed by atoms with Crippen molar-refractivity contribution < 1.29 is 21.6 Å². The lowest BCUT2D eigenvalue weighted by molar-refractivity contribution is -0.137. The number of halogens is 3. The highest BCUT2D eigenvalue weighted by Crippen LogP contribution is 2.38. The van der Waals surface area contributed by atoms with E-state index >= 15 is 0 Å². The summed E-state index contributed by atoms with van der Waals surface area (Å²) in [6.07, 6.45) is -4.49. The monoisotopic (exact) mass is 449 g/mol. The lowest BCUT2D eigenvalue weighted by Crippen LogP contribution is -2.31. The topological polar surface area (TPSA) is 66.1 Å². The van der Waals surface area contributed by atoms with Gasteiger partial charge in [0.05, 0.1) is 33.8 Å². The molecule has 1 aromatic heterocycles. The minimum absolute atomic E-state index is 0.0349. The van der Waals surface area contributed by atoms with E-state index in [0.29, 0.717) is 34.4 Å². The van der Waals surface area contributed by atoms with E-state index in [-0.39, 0.29) is 17.9 Å². The first-order chi connectivity index (χ1) is 14.6. The largest absolute Gasteiger partial charge is 0.416 e. The molecule has 0 atom stereocenters. The van der Waals surface area contributed by atoms with Crippen molar-refractivity contribution in [2.45, 2.75) is 33.5 Å². The van der Waals surface area contributed by atoms with Crippen LogP contribution in [0.1, 0.15) is 31.9 Å². The number of nitrogens with zero attached hydrogens (tertiary/aromatic N) is 3. The molecule has 164 valence electrons. The van der Waals surface area contributed by atoms with Gasteiger partial charge in [-0.05, 0) is 50.6 Å². The van der Waals surface area contributed by atoms with E-state index < -0.39 is 21.8 Å². The first-order valence-corrected chi connectivity index (χ1v) is 11.4. The van der Waals surface area contributed by atoms with Crippen molar-refractivity contribution in [2.24, 2.45) is 0 Å². The summed E-state index contributed by atoms with van der Waals surface area (Å²) in [4.78, 5) is 0. The number of aromatic nitrogens is 1.